The van der Waals surface area contributed by atoms with E-state index in [1.165, 1.54) is 23.2 Å². The van der Waals surface area contributed by atoms with Crippen LogP contribution in [-0.4, -0.2) is 45.5 Å². The van der Waals surface area contributed by atoms with Crippen LogP contribution in [0.1, 0.15) is 42.8 Å². The van der Waals surface area contributed by atoms with Crippen LogP contribution in [0.25, 0.3) is 0 Å². The van der Waals surface area contributed by atoms with Crippen molar-refractivity contribution in [2.45, 2.75) is 38.6 Å². The Balaban J connectivity index is 2.07. The highest BCUT2D eigenvalue weighted by molar-refractivity contribution is 7.90. The number of fused-ring (bicyclic) bond motifs is 1. The van der Waals surface area contributed by atoms with E-state index in [1.807, 2.05) is 11.9 Å². The molecule has 0 fully saturated rings. The molecule has 1 N–H and O–H groups in total. The van der Waals surface area contributed by atoms with Crippen molar-refractivity contribution in [3.05, 3.63) is 10.6 Å². The third kappa shape index (κ3) is 4.66. The molecule has 1 aromatic rings. The quantitative estimate of drug-likeness (QED) is 0.828. The van der Waals surface area contributed by atoms with Crippen molar-refractivity contribution in [1.29, 1.82) is 0 Å². The maximum atomic E-state index is 11.3. The average molecular weight is 332 g/mol. The number of aryl methyl sites for hydroxylation is 1. The fourth-order valence-electron chi connectivity index (χ4n) is 2.48. The zero-order chi connectivity index (χ0) is 15.5. The lowest BCUT2D eigenvalue weighted by atomic mass is 9.97. The predicted molar refractivity (Wildman–Crippen MR) is 89.1 cm³/mol. The molecule has 0 bridgehead atoms. The van der Waals surface area contributed by atoms with Gasteiger partial charge >= 0.3 is 0 Å². The smallest absolute Gasteiger partial charge is 0.185 e. The van der Waals surface area contributed by atoms with Crippen LogP contribution in [0, 0.1) is 0 Å². The van der Waals surface area contributed by atoms with Crippen LogP contribution in [-0.2, 0) is 16.3 Å². The monoisotopic (exact) mass is 331 g/mol. The highest BCUT2D eigenvalue weighted by Crippen LogP contribution is 2.36. The van der Waals surface area contributed by atoms with Gasteiger partial charge in [0.1, 0.15) is 9.84 Å². The number of anilines is 1. The van der Waals surface area contributed by atoms with Gasteiger partial charge in [-0.05, 0) is 32.2 Å². The first-order valence-corrected chi connectivity index (χ1v) is 10.4. The maximum absolute atomic E-state index is 11.3. The lowest BCUT2D eigenvalue weighted by Gasteiger charge is -2.22. The number of hydrogen-bond donors (Lipinski definition) is 1. The van der Waals surface area contributed by atoms with Gasteiger partial charge in [-0.15, -0.1) is 11.3 Å². The van der Waals surface area contributed by atoms with Gasteiger partial charge in [-0.2, -0.15) is 0 Å². The molecular formula is C14H25N3O2S2. The molecule has 0 amide bonds. The second-order valence-electron chi connectivity index (χ2n) is 5.76. The summed E-state index contributed by atoms with van der Waals surface area (Å²) in [4.78, 5) is 8.09. The highest BCUT2D eigenvalue weighted by atomic mass is 32.2. The van der Waals surface area contributed by atoms with Gasteiger partial charge in [0.15, 0.2) is 5.13 Å². The van der Waals surface area contributed by atoms with E-state index in [0.29, 0.717) is 12.6 Å². The SMILES string of the molecule is CCCNC1CCCc2sc(N(C)CCS(C)(=O)=O)nc21. The Hall–Kier alpha value is -0.660. The summed E-state index contributed by atoms with van der Waals surface area (Å²) < 4.78 is 22.6. The Morgan fingerprint density at radius 2 is 2.24 bits per heavy atom. The second kappa shape index (κ2) is 7.07. The summed E-state index contributed by atoms with van der Waals surface area (Å²) in [6.45, 7) is 3.68. The van der Waals surface area contributed by atoms with E-state index in [-0.39, 0.29) is 5.75 Å². The molecule has 1 aromatic heterocycles. The molecule has 0 saturated carbocycles. The van der Waals surface area contributed by atoms with Crippen molar-refractivity contribution >= 4 is 26.3 Å². The highest BCUT2D eigenvalue weighted by Gasteiger charge is 2.25. The summed E-state index contributed by atoms with van der Waals surface area (Å²) in [5.74, 6) is 0.172. The summed E-state index contributed by atoms with van der Waals surface area (Å²) in [5.41, 5.74) is 1.18. The number of nitrogens with one attached hydrogen (secondary N) is 1. The zero-order valence-corrected chi connectivity index (χ0v) is 14.7. The van der Waals surface area contributed by atoms with Crippen LogP contribution >= 0.6 is 11.3 Å². The van der Waals surface area contributed by atoms with Gasteiger partial charge < -0.3 is 10.2 Å². The minimum atomic E-state index is -2.93. The van der Waals surface area contributed by atoms with E-state index < -0.39 is 9.84 Å². The molecule has 1 aliphatic rings. The van der Waals surface area contributed by atoms with Crippen LogP contribution in [0.15, 0.2) is 0 Å². The maximum Gasteiger partial charge on any atom is 0.185 e. The average Bonchev–Trinajstić information content (AvgIpc) is 2.86. The Labute approximate surface area is 131 Å². The Morgan fingerprint density at radius 3 is 2.90 bits per heavy atom. The van der Waals surface area contributed by atoms with Crippen LogP contribution in [0.2, 0.25) is 0 Å². The van der Waals surface area contributed by atoms with Crippen LogP contribution < -0.4 is 10.2 Å². The van der Waals surface area contributed by atoms with Crippen molar-refractivity contribution < 1.29 is 8.42 Å². The predicted octanol–water partition coefficient (Wildman–Crippen LogP) is 2.00. The number of hydrogen-bond acceptors (Lipinski definition) is 6. The van der Waals surface area contributed by atoms with E-state index in [0.717, 1.165) is 30.9 Å². The largest absolute Gasteiger partial charge is 0.350 e. The third-order valence-corrected chi connectivity index (χ3v) is 5.88. The summed E-state index contributed by atoms with van der Waals surface area (Å²) in [5, 5.41) is 4.50. The van der Waals surface area contributed by atoms with E-state index in [2.05, 4.69) is 12.2 Å². The first kappa shape index (κ1) is 16.7. The Kier molecular flexibility index (Phi) is 5.62. The minimum Gasteiger partial charge on any atom is -0.350 e. The molecule has 1 atom stereocenters. The van der Waals surface area contributed by atoms with Gasteiger partial charge in [-0.1, -0.05) is 6.92 Å². The molecular weight excluding hydrogens is 306 g/mol. The number of thiazole rings is 1. The molecule has 0 saturated heterocycles. The molecule has 1 unspecified atom stereocenters. The molecule has 1 heterocycles. The lowest BCUT2D eigenvalue weighted by Crippen LogP contribution is -2.26. The summed E-state index contributed by atoms with van der Waals surface area (Å²) >= 11 is 1.71. The molecule has 5 nitrogen and oxygen atoms in total. The van der Waals surface area contributed by atoms with Crippen LogP contribution in [0.4, 0.5) is 5.13 Å². The molecule has 7 heteroatoms. The third-order valence-electron chi connectivity index (χ3n) is 3.71. The van der Waals surface area contributed by atoms with Crippen molar-refractivity contribution in [3.63, 3.8) is 0 Å². The van der Waals surface area contributed by atoms with E-state index in [4.69, 9.17) is 4.98 Å². The summed E-state index contributed by atoms with van der Waals surface area (Å²) in [6.07, 6.45) is 5.83. The van der Waals surface area contributed by atoms with Crippen molar-refractivity contribution in [2.24, 2.45) is 0 Å². The van der Waals surface area contributed by atoms with Gasteiger partial charge in [-0.25, -0.2) is 13.4 Å². The van der Waals surface area contributed by atoms with Crippen LogP contribution in [0.3, 0.4) is 0 Å². The number of aromatic nitrogens is 1. The van der Waals surface area contributed by atoms with Gasteiger partial charge in [0.2, 0.25) is 0 Å². The molecule has 0 aliphatic heterocycles. The van der Waals surface area contributed by atoms with Crippen molar-refractivity contribution in [2.75, 3.05) is 37.0 Å². The van der Waals surface area contributed by atoms with E-state index in [1.54, 1.807) is 11.3 Å². The molecule has 0 spiro atoms. The lowest BCUT2D eigenvalue weighted by molar-refractivity contribution is 0.454. The molecule has 1 aliphatic carbocycles. The Morgan fingerprint density at radius 1 is 1.48 bits per heavy atom. The first-order chi connectivity index (χ1) is 9.90. The van der Waals surface area contributed by atoms with Crippen molar-refractivity contribution in [1.82, 2.24) is 10.3 Å². The fraction of sp³-hybridized carbons (Fsp3) is 0.786. The first-order valence-electron chi connectivity index (χ1n) is 7.52. The number of sulfone groups is 1. The fourth-order valence-corrected chi connectivity index (χ4v) is 4.24. The summed E-state index contributed by atoms with van der Waals surface area (Å²) in [7, 11) is -1.01. The Bertz CT molecular complexity index is 569. The number of rotatable bonds is 7. The van der Waals surface area contributed by atoms with E-state index >= 15 is 0 Å². The van der Waals surface area contributed by atoms with Gasteiger partial charge in [0.05, 0.1) is 17.5 Å². The molecule has 120 valence electrons. The second-order valence-corrected chi connectivity index (χ2v) is 9.08. The zero-order valence-electron chi connectivity index (χ0n) is 13.1. The minimum absolute atomic E-state index is 0.172. The molecule has 2 rings (SSSR count). The van der Waals surface area contributed by atoms with Gasteiger partial charge in [0.25, 0.3) is 0 Å². The molecule has 21 heavy (non-hydrogen) atoms. The number of nitrogens with zero attached hydrogens (tertiary/aromatic N) is 2. The van der Waals surface area contributed by atoms with Crippen molar-refractivity contribution in [3.8, 4) is 0 Å². The van der Waals surface area contributed by atoms with Crippen LogP contribution in [0.5, 0.6) is 0 Å². The molecule has 0 aromatic carbocycles. The van der Waals surface area contributed by atoms with E-state index in [9.17, 15) is 8.42 Å². The summed E-state index contributed by atoms with van der Waals surface area (Å²) in [6, 6.07) is 0.363. The standard InChI is InChI=1S/C14H25N3O2S2/c1-4-8-15-11-6-5-7-12-13(11)16-14(20-12)17(2)9-10-21(3,18)19/h11,15H,4-10H2,1-3H3. The molecule has 0 radical (unpaired) electrons. The van der Waals surface area contributed by atoms with Gasteiger partial charge in [0, 0.05) is 24.7 Å². The normalized spacial score (nSPS) is 18.5. The topological polar surface area (TPSA) is 62.3 Å². The van der Waals surface area contributed by atoms with Gasteiger partial charge in [-0.3, -0.25) is 0 Å².